The van der Waals surface area contributed by atoms with Gasteiger partial charge in [-0.3, -0.25) is 9.78 Å². The molecule has 2 aromatic heterocycles. The Hall–Kier alpha value is -2.01. The molecule has 3 aromatic rings. The number of H-pyrrole nitrogens is 1. The van der Waals surface area contributed by atoms with Crippen molar-refractivity contribution in [3.8, 4) is 5.88 Å². The number of aromatic amines is 1. The van der Waals surface area contributed by atoms with Crippen LogP contribution in [0.4, 0.5) is 0 Å². The fraction of sp³-hybridized carbons (Fsp3) is 0.0833. The van der Waals surface area contributed by atoms with Crippen molar-refractivity contribution in [3.63, 3.8) is 0 Å². The Morgan fingerprint density at radius 3 is 2.88 bits per heavy atom. The van der Waals surface area contributed by atoms with E-state index in [9.17, 15) is 9.90 Å². The fourth-order valence-corrected chi connectivity index (χ4v) is 2.49. The topological polar surface area (TPSA) is 66.2 Å². The van der Waals surface area contributed by atoms with Crippen molar-refractivity contribution in [2.24, 2.45) is 0 Å². The van der Waals surface area contributed by atoms with E-state index in [2.05, 4.69) is 4.98 Å². The van der Waals surface area contributed by atoms with Crippen LogP contribution >= 0.6 is 11.3 Å². The van der Waals surface area contributed by atoms with E-state index in [0.29, 0.717) is 11.3 Å². The van der Waals surface area contributed by atoms with Gasteiger partial charge in [0, 0.05) is 11.8 Å². The summed E-state index contributed by atoms with van der Waals surface area (Å²) in [4.78, 5) is 13.7. The van der Waals surface area contributed by atoms with Crippen LogP contribution in [-0.2, 0) is 6.42 Å². The first-order valence-corrected chi connectivity index (χ1v) is 5.92. The molecule has 1 aromatic carbocycles. The summed E-state index contributed by atoms with van der Waals surface area (Å²) in [6.45, 7) is 0. The van der Waals surface area contributed by atoms with Gasteiger partial charge in [-0.05, 0) is 12.1 Å². The monoisotopic (exact) mass is 247 g/mol. The highest BCUT2D eigenvalue weighted by Crippen LogP contribution is 2.24. The van der Waals surface area contributed by atoms with Gasteiger partial charge in [0.25, 0.3) is 0 Å². The Bertz CT molecular complexity index is 690. The molecule has 86 valence electrons. The van der Waals surface area contributed by atoms with Gasteiger partial charge in [-0.1, -0.05) is 29.5 Å². The van der Waals surface area contributed by atoms with Gasteiger partial charge in [0.2, 0.25) is 5.88 Å². The van der Waals surface area contributed by atoms with Crippen LogP contribution in [0.1, 0.15) is 10.6 Å². The summed E-state index contributed by atoms with van der Waals surface area (Å²) in [5.41, 5.74) is 0.810. The van der Waals surface area contributed by atoms with Crippen LogP contribution in [0, 0.1) is 0 Å². The molecule has 0 aliphatic heterocycles. The zero-order chi connectivity index (χ0) is 11.8. The minimum atomic E-state index is -0.256. The second kappa shape index (κ2) is 3.78. The van der Waals surface area contributed by atoms with Gasteiger partial charge in [-0.15, -0.1) is 0 Å². The third kappa shape index (κ3) is 1.85. The zero-order valence-electron chi connectivity index (χ0n) is 8.77. The van der Waals surface area contributed by atoms with Crippen molar-refractivity contribution in [1.82, 2.24) is 4.98 Å². The Morgan fingerprint density at radius 1 is 1.35 bits per heavy atom. The molecular formula is C12H9NO3S. The smallest absolute Gasteiger partial charge is 0.307 e. The number of nitrogens with one attached hydrogen (secondary N) is 1. The summed E-state index contributed by atoms with van der Waals surface area (Å²) in [5, 5.41) is 10.5. The third-order valence-corrected chi connectivity index (χ3v) is 3.38. The van der Waals surface area contributed by atoms with E-state index >= 15 is 0 Å². The average molecular weight is 247 g/mol. The third-order valence-electron chi connectivity index (χ3n) is 2.51. The zero-order valence-corrected chi connectivity index (χ0v) is 9.58. The number of hydrogen-bond donors (Lipinski definition) is 2. The first-order chi connectivity index (χ1) is 8.22. The van der Waals surface area contributed by atoms with E-state index in [1.807, 2.05) is 30.3 Å². The molecule has 0 unspecified atom stereocenters. The molecule has 4 nitrogen and oxygen atoms in total. The highest BCUT2D eigenvalue weighted by molar-refractivity contribution is 7.09. The van der Waals surface area contributed by atoms with Crippen molar-refractivity contribution in [2.75, 3.05) is 0 Å². The summed E-state index contributed by atoms with van der Waals surface area (Å²) >= 11 is 0.998. The minimum absolute atomic E-state index is 0.0690. The Kier molecular flexibility index (Phi) is 2.26. The lowest BCUT2D eigenvalue weighted by Gasteiger charge is -1.92. The molecule has 0 amide bonds. The molecule has 3 rings (SSSR count). The van der Waals surface area contributed by atoms with Gasteiger partial charge >= 0.3 is 4.87 Å². The maximum absolute atomic E-state index is 11.0. The normalized spacial score (nSPS) is 11.1. The van der Waals surface area contributed by atoms with Crippen molar-refractivity contribution in [1.29, 1.82) is 0 Å². The van der Waals surface area contributed by atoms with Crippen LogP contribution < -0.4 is 4.87 Å². The molecule has 2 heterocycles. The van der Waals surface area contributed by atoms with Crippen molar-refractivity contribution in [3.05, 3.63) is 50.6 Å². The first-order valence-electron chi connectivity index (χ1n) is 5.11. The maximum atomic E-state index is 11.0. The molecular weight excluding hydrogens is 238 g/mol. The molecule has 0 radical (unpaired) electrons. The van der Waals surface area contributed by atoms with Crippen molar-refractivity contribution in [2.45, 2.75) is 6.42 Å². The van der Waals surface area contributed by atoms with Crippen LogP contribution in [0.2, 0.25) is 0 Å². The molecule has 17 heavy (non-hydrogen) atoms. The van der Waals surface area contributed by atoms with E-state index in [4.69, 9.17) is 4.42 Å². The minimum Gasteiger partial charge on any atom is -0.494 e. The number of benzene rings is 1. The van der Waals surface area contributed by atoms with Crippen LogP contribution in [0.5, 0.6) is 5.88 Å². The van der Waals surface area contributed by atoms with Crippen LogP contribution in [0.25, 0.3) is 11.0 Å². The lowest BCUT2D eigenvalue weighted by Crippen LogP contribution is -1.89. The van der Waals surface area contributed by atoms with Gasteiger partial charge in [0.05, 0.1) is 4.88 Å². The number of rotatable bonds is 2. The fourth-order valence-electron chi connectivity index (χ4n) is 1.75. The highest BCUT2D eigenvalue weighted by Gasteiger charge is 2.10. The van der Waals surface area contributed by atoms with E-state index in [1.54, 1.807) is 0 Å². The van der Waals surface area contributed by atoms with Gasteiger partial charge in [-0.2, -0.15) is 0 Å². The van der Waals surface area contributed by atoms with E-state index < -0.39 is 0 Å². The average Bonchev–Trinajstić information content (AvgIpc) is 2.82. The van der Waals surface area contributed by atoms with Crippen molar-refractivity contribution < 1.29 is 9.52 Å². The largest absolute Gasteiger partial charge is 0.494 e. The van der Waals surface area contributed by atoms with Gasteiger partial charge in [0.15, 0.2) is 0 Å². The number of fused-ring (bicyclic) bond motifs is 1. The number of hydrogen-bond acceptors (Lipinski definition) is 4. The lowest BCUT2D eigenvalue weighted by atomic mass is 10.2. The number of aromatic hydroxyl groups is 1. The van der Waals surface area contributed by atoms with E-state index in [0.717, 1.165) is 28.1 Å². The van der Waals surface area contributed by atoms with E-state index in [1.165, 1.54) is 0 Å². The second-order valence-electron chi connectivity index (χ2n) is 3.71. The summed E-state index contributed by atoms with van der Waals surface area (Å²) in [7, 11) is 0. The predicted molar refractivity (Wildman–Crippen MR) is 65.6 cm³/mol. The van der Waals surface area contributed by atoms with Crippen molar-refractivity contribution >= 4 is 22.3 Å². The molecule has 0 saturated heterocycles. The first kappa shape index (κ1) is 10.2. The summed E-state index contributed by atoms with van der Waals surface area (Å²) in [6, 6.07) is 9.61. The standard InChI is InChI=1S/C12H9NO3S/c14-11-10(17-12(15)13-11)6-8-5-7-3-1-2-4-9(7)16-8/h1-5,14H,6H2,(H,13,15). The molecule has 2 N–H and O–H groups in total. The number of para-hydroxylation sites is 1. The van der Waals surface area contributed by atoms with E-state index in [-0.39, 0.29) is 10.8 Å². The molecule has 0 aliphatic rings. The van der Waals surface area contributed by atoms with Gasteiger partial charge in [0.1, 0.15) is 11.3 Å². The number of furan rings is 1. The Balaban J connectivity index is 2.00. The maximum Gasteiger partial charge on any atom is 0.307 e. The molecule has 0 fully saturated rings. The Labute approximate surface area is 100 Å². The van der Waals surface area contributed by atoms with Crippen LogP contribution in [0.15, 0.2) is 39.5 Å². The second-order valence-corrected chi connectivity index (χ2v) is 4.78. The molecule has 0 atom stereocenters. The molecule has 0 saturated carbocycles. The van der Waals surface area contributed by atoms with Crippen LogP contribution in [-0.4, -0.2) is 10.1 Å². The number of thiazole rings is 1. The van der Waals surface area contributed by atoms with Crippen LogP contribution in [0.3, 0.4) is 0 Å². The summed E-state index contributed by atoms with van der Waals surface area (Å²) in [5.74, 6) is 0.664. The SMILES string of the molecule is O=c1[nH]c(O)c(Cc2cc3ccccc3o2)s1. The molecule has 0 spiro atoms. The molecule has 0 bridgehead atoms. The van der Waals surface area contributed by atoms with Gasteiger partial charge in [-0.25, -0.2) is 0 Å². The lowest BCUT2D eigenvalue weighted by molar-refractivity contribution is 0.448. The van der Waals surface area contributed by atoms with Gasteiger partial charge < -0.3 is 9.52 Å². The molecule has 5 heteroatoms. The Morgan fingerprint density at radius 2 is 2.18 bits per heavy atom. The summed E-state index contributed by atoms with van der Waals surface area (Å²) in [6.07, 6.45) is 0.421. The quantitative estimate of drug-likeness (QED) is 0.731. The highest BCUT2D eigenvalue weighted by atomic mass is 32.1. The summed E-state index contributed by atoms with van der Waals surface area (Å²) < 4.78 is 5.62. The number of aromatic nitrogens is 1. The predicted octanol–water partition coefficient (Wildman–Crippen LogP) is 2.48. The molecule has 0 aliphatic carbocycles.